The van der Waals surface area contributed by atoms with Gasteiger partial charge in [0.05, 0.1) is 6.10 Å². The first-order valence-electron chi connectivity index (χ1n) is 5.29. The molecule has 0 aromatic carbocycles. The van der Waals surface area contributed by atoms with Crippen LogP contribution in [0.5, 0.6) is 0 Å². The lowest BCUT2D eigenvalue weighted by Crippen LogP contribution is -2.32. The van der Waals surface area contributed by atoms with Gasteiger partial charge in [-0.2, -0.15) is 0 Å². The van der Waals surface area contributed by atoms with Crippen LogP contribution in [-0.2, 0) is 9.53 Å². The van der Waals surface area contributed by atoms with Gasteiger partial charge in [-0.1, -0.05) is 13.8 Å². The summed E-state index contributed by atoms with van der Waals surface area (Å²) in [5.41, 5.74) is 0.409. The van der Waals surface area contributed by atoms with Gasteiger partial charge in [-0.15, -0.1) is 0 Å². The molecule has 1 aliphatic carbocycles. The first-order chi connectivity index (χ1) is 6.41. The highest BCUT2D eigenvalue weighted by Crippen LogP contribution is 2.36. The molecular formula is C11H20O3. The minimum atomic E-state index is -0.866. The lowest BCUT2D eigenvalue weighted by molar-refractivity contribution is -0.154. The molecule has 3 nitrogen and oxygen atoms in total. The second kappa shape index (κ2) is 4.30. The lowest BCUT2D eigenvalue weighted by atomic mass is 9.76. The summed E-state index contributed by atoms with van der Waals surface area (Å²) in [5, 5.41) is 8.69. The molecule has 0 bridgehead atoms. The van der Waals surface area contributed by atoms with Gasteiger partial charge < -0.3 is 9.84 Å². The third kappa shape index (κ3) is 3.29. The highest BCUT2D eigenvalue weighted by atomic mass is 16.5. The summed E-state index contributed by atoms with van der Waals surface area (Å²) in [6, 6.07) is 0. The molecule has 1 rings (SSSR count). The molecule has 1 N–H and O–H groups in total. The largest absolute Gasteiger partial charge is 0.479 e. The van der Waals surface area contributed by atoms with Gasteiger partial charge in [-0.25, -0.2) is 4.79 Å². The van der Waals surface area contributed by atoms with Gasteiger partial charge in [0, 0.05) is 0 Å². The average Bonchev–Trinajstić information content (AvgIpc) is 2.08. The Balaban J connectivity index is 2.32. The smallest absolute Gasteiger partial charge is 0.332 e. The highest BCUT2D eigenvalue weighted by Gasteiger charge is 2.29. The summed E-state index contributed by atoms with van der Waals surface area (Å²) in [7, 11) is 0. The van der Waals surface area contributed by atoms with Crippen molar-refractivity contribution in [2.24, 2.45) is 5.41 Å². The summed E-state index contributed by atoms with van der Waals surface area (Å²) >= 11 is 0. The standard InChI is InChI=1S/C11H20O3/c1-8(10(12)13)14-9-4-6-11(2,3)7-5-9/h8-9H,4-7H2,1-3H3,(H,12,13)/t8-/m1/s1. The molecule has 82 valence electrons. The minimum absolute atomic E-state index is 0.147. The monoisotopic (exact) mass is 200 g/mol. The maximum atomic E-state index is 10.6. The SMILES string of the molecule is C[C@@H](OC1CCC(C)(C)CC1)C(=O)O. The van der Waals surface area contributed by atoms with Crippen LogP contribution in [0.1, 0.15) is 46.5 Å². The molecular weight excluding hydrogens is 180 g/mol. The van der Waals surface area contributed by atoms with Crippen molar-refractivity contribution in [2.75, 3.05) is 0 Å². The predicted molar refractivity (Wildman–Crippen MR) is 54.2 cm³/mol. The molecule has 14 heavy (non-hydrogen) atoms. The Bertz CT molecular complexity index is 201. The van der Waals surface area contributed by atoms with Gasteiger partial charge in [0.2, 0.25) is 0 Å². The predicted octanol–water partition coefficient (Wildman–Crippen LogP) is 2.44. The minimum Gasteiger partial charge on any atom is -0.479 e. The van der Waals surface area contributed by atoms with Crippen molar-refractivity contribution in [1.29, 1.82) is 0 Å². The van der Waals surface area contributed by atoms with Crippen LogP contribution in [0.2, 0.25) is 0 Å². The van der Waals surface area contributed by atoms with E-state index in [2.05, 4.69) is 13.8 Å². The summed E-state index contributed by atoms with van der Waals surface area (Å²) < 4.78 is 5.45. The summed E-state index contributed by atoms with van der Waals surface area (Å²) in [4.78, 5) is 10.6. The fraction of sp³-hybridized carbons (Fsp3) is 0.909. The zero-order valence-electron chi connectivity index (χ0n) is 9.25. The number of hydrogen-bond donors (Lipinski definition) is 1. The Hall–Kier alpha value is -0.570. The van der Waals surface area contributed by atoms with E-state index in [0.717, 1.165) is 25.7 Å². The van der Waals surface area contributed by atoms with Gasteiger partial charge in [0.1, 0.15) is 0 Å². The number of carbonyl (C=O) groups is 1. The van der Waals surface area contributed by atoms with Crippen LogP contribution < -0.4 is 0 Å². The van der Waals surface area contributed by atoms with Crippen LogP contribution >= 0.6 is 0 Å². The second-order valence-corrected chi connectivity index (χ2v) is 4.98. The van der Waals surface area contributed by atoms with E-state index >= 15 is 0 Å². The zero-order chi connectivity index (χ0) is 10.8. The fourth-order valence-electron chi connectivity index (χ4n) is 1.86. The second-order valence-electron chi connectivity index (χ2n) is 4.98. The van der Waals surface area contributed by atoms with Crippen molar-refractivity contribution >= 4 is 5.97 Å². The Labute approximate surface area is 85.5 Å². The summed E-state index contributed by atoms with van der Waals surface area (Å²) in [6.07, 6.45) is 3.72. The molecule has 0 radical (unpaired) electrons. The highest BCUT2D eigenvalue weighted by molar-refractivity contribution is 5.71. The molecule has 3 heteroatoms. The van der Waals surface area contributed by atoms with Gasteiger partial charge in [-0.05, 0) is 38.0 Å². The third-order valence-electron chi connectivity index (χ3n) is 3.03. The molecule has 0 aromatic rings. The van der Waals surface area contributed by atoms with E-state index in [9.17, 15) is 4.79 Å². The van der Waals surface area contributed by atoms with Crippen LogP contribution in [0.15, 0.2) is 0 Å². The van der Waals surface area contributed by atoms with E-state index in [-0.39, 0.29) is 6.10 Å². The Morgan fingerprint density at radius 1 is 1.43 bits per heavy atom. The third-order valence-corrected chi connectivity index (χ3v) is 3.03. The van der Waals surface area contributed by atoms with Crippen molar-refractivity contribution in [3.8, 4) is 0 Å². The topological polar surface area (TPSA) is 46.5 Å². The van der Waals surface area contributed by atoms with E-state index < -0.39 is 12.1 Å². The molecule has 1 aliphatic rings. The molecule has 1 atom stereocenters. The number of carboxylic acids is 1. The molecule has 0 unspecified atom stereocenters. The molecule has 0 heterocycles. The zero-order valence-corrected chi connectivity index (χ0v) is 9.25. The normalized spacial score (nSPS) is 24.5. The molecule has 0 amide bonds. The van der Waals surface area contributed by atoms with Crippen molar-refractivity contribution in [1.82, 2.24) is 0 Å². The Morgan fingerprint density at radius 2 is 1.93 bits per heavy atom. The lowest BCUT2D eigenvalue weighted by Gasteiger charge is -2.34. The van der Waals surface area contributed by atoms with Crippen molar-refractivity contribution in [2.45, 2.75) is 58.7 Å². The Kier molecular flexibility index (Phi) is 3.53. The number of rotatable bonds is 3. The van der Waals surface area contributed by atoms with Crippen molar-refractivity contribution in [3.05, 3.63) is 0 Å². The van der Waals surface area contributed by atoms with Crippen LogP contribution in [0.25, 0.3) is 0 Å². The first kappa shape index (κ1) is 11.5. The van der Waals surface area contributed by atoms with E-state index in [1.807, 2.05) is 0 Å². The van der Waals surface area contributed by atoms with Crippen LogP contribution in [-0.4, -0.2) is 23.3 Å². The van der Waals surface area contributed by atoms with Gasteiger partial charge in [-0.3, -0.25) is 0 Å². The Morgan fingerprint density at radius 3 is 2.36 bits per heavy atom. The molecule has 0 spiro atoms. The summed E-state index contributed by atoms with van der Waals surface area (Å²) in [5.74, 6) is -0.866. The van der Waals surface area contributed by atoms with E-state index in [0.29, 0.717) is 5.41 Å². The van der Waals surface area contributed by atoms with Crippen molar-refractivity contribution < 1.29 is 14.6 Å². The van der Waals surface area contributed by atoms with Gasteiger partial charge >= 0.3 is 5.97 Å². The van der Waals surface area contributed by atoms with E-state index in [1.54, 1.807) is 6.92 Å². The summed E-state index contributed by atoms with van der Waals surface area (Å²) in [6.45, 7) is 6.11. The molecule has 0 aliphatic heterocycles. The average molecular weight is 200 g/mol. The van der Waals surface area contributed by atoms with E-state index in [4.69, 9.17) is 9.84 Å². The molecule has 0 saturated heterocycles. The maximum Gasteiger partial charge on any atom is 0.332 e. The molecule has 1 saturated carbocycles. The van der Waals surface area contributed by atoms with Gasteiger partial charge in [0.25, 0.3) is 0 Å². The number of carboxylic acid groups (broad SMARTS) is 1. The van der Waals surface area contributed by atoms with Crippen LogP contribution in [0, 0.1) is 5.41 Å². The fourth-order valence-corrected chi connectivity index (χ4v) is 1.86. The van der Waals surface area contributed by atoms with Crippen molar-refractivity contribution in [3.63, 3.8) is 0 Å². The molecule has 0 aromatic heterocycles. The van der Waals surface area contributed by atoms with Crippen LogP contribution in [0.4, 0.5) is 0 Å². The van der Waals surface area contributed by atoms with E-state index in [1.165, 1.54) is 0 Å². The first-order valence-corrected chi connectivity index (χ1v) is 5.29. The van der Waals surface area contributed by atoms with Gasteiger partial charge in [0.15, 0.2) is 6.10 Å². The quantitative estimate of drug-likeness (QED) is 0.761. The number of aliphatic carboxylic acids is 1. The maximum absolute atomic E-state index is 10.6. The number of hydrogen-bond acceptors (Lipinski definition) is 2. The van der Waals surface area contributed by atoms with Crippen LogP contribution in [0.3, 0.4) is 0 Å². The number of ether oxygens (including phenoxy) is 1. The molecule has 1 fully saturated rings.